The number of rotatable bonds is 10. The van der Waals surface area contributed by atoms with Crippen molar-refractivity contribution in [3.05, 3.63) is 0 Å². The van der Waals surface area contributed by atoms with Crippen LogP contribution >= 0.6 is 0 Å². The summed E-state index contributed by atoms with van der Waals surface area (Å²) in [4.78, 5) is 0. The third-order valence-electron chi connectivity index (χ3n) is 20.0. The Balaban J connectivity index is 1.01. The normalized spacial score (nSPS) is 58.0. The summed E-state index contributed by atoms with van der Waals surface area (Å²) in [5, 5.41) is 129. The number of aliphatic hydroxyl groups excluding tert-OH is 12. The van der Waals surface area contributed by atoms with Gasteiger partial charge < -0.3 is 94.4 Å². The number of aliphatic hydroxyl groups is 12. The molecule has 26 atom stereocenters. The quantitative estimate of drug-likeness (QED) is 0.110. The van der Waals surface area contributed by atoms with Gasteiger partial charge in [-0.2, -0.15) is 0 Å². The van der Waals surface area contributed by atoms with Crippen LogP contribution in [0.1, 0.15) is 99.8 Å². The van der Waals surface area contributed by atoms with Gasteiger partial charge in [0.05, 0.1) is 55.9 Å². The van der Waals surface area contributed by atoms with Gasteiger partial charge in [0.2, 0.25) is 0 Å². The van der Waals surface area contributed by atoms with Crippen molar-refractivity contribution >= 4 is 0 Å². The molecule has 5 saturated carbocycles. The first kappa shape index (κ1) is 50.2. The largest absolute Gasteiger partial charge is 0.394 e. The molecule has 0 radical (unpaired) electrons. The molecule has 9 fully saturated rings. The zero-order valence-electron chi connectivity index (χ0n) is 39.3. The summed E-state index contributed by atoms with van der Waals surface area (Å²) in [6.07, 6.45) is -16.4. The van der Waals surface area contributed by atoms with E-state index in [1.54, 1.807) is 0 Å². The molecule has 4 saturated heterocycles. The Hall–Kier alpha value is -0.760. The minimum Gasteiger partial charge on any atom is -0.394 e. The highest BCUT2D eigenvalue weighted by Gasteiger charge is 2.85. The number of ether oxygens (including phenoxy) is 7. The van der Waals surface area contributed by atoms with Crippen LogP contribution in [0.15, 0.2) is 0 Å². The molecule has 9 aliphatic rings. The predicted molar refractivity (Wildman–Crippen MR) is 226 cm³/mol. The Morgan fingerprint density at radius 2 is 1.20 bits per heavy atom. The van der Waals surface area contributed by atoms with Crippen LogP contribution in [-0.4, -0.2) is 203 Å². The Labute approximate surface area is 386 Å². The number of fused-ring (bicyclic) bond motifs is 2. The van der Waals surface area contributed by atoms with E-state index in [0.717, 1.165) is 25.7 Å². The van der Waals surface area contributed by atoms with Crippen molar-refractivity contribution in [2.45, 2.75) is 215 Å². The zero-order chi connectivity index (χ0) is 48.1. The molecular formula is C47H78O19. The van der Waals surface area contributed by atoms with Crippen molar-refractivity contribution in [2.75, 3.05) is 26.4 Å². The van der Waals surface area contributed by atoms with Gasteiger partial charge in [0.25, 0.3) is 0 Å². The lowest BCUT2D eigenvalue weighted by Crippen LogP contribution is -2.65. The second-order valence-electron chi connectivity index (χ2n) is 23.9. The molecule has 19 heteroatoms. The highest BCUT2D eigenvalue weighted by atomic mass is 16.7. The van der Waals surface area contributed by atoms with E-state index in [0.29, 0.717) is 25.7 Å². The molecule has 0 aromatic heterocycles. The molecule has 4 aliphatic heterocycles. The summed E-state index contributed by atoms with van der Waals surface area (Å²) in [5.41, 5.74) is -3.79. The lowest BCUT2D eigenvalue weighted by atomic mass is 9.41. The summed E-state index contributed by atoms with van der Waals surface area (Å²) in [6.45, 7) is 13.4. The molecule has 380 valence electrons. The minimum absolute atomic E-state index is 0.00898. The van der Waals surface area contributed by atoms with Crippen molar-refractivity contribution in [3.63, 3.8) is 0 Å². The lowest BCUT2D eigenvalue weighted by molar-refractivity contribution is -0.339. The molecule has 0 aromatic rings. The standard InChI is InChI=1S/C47H78O19/c1-41(2)27(65-38-33(57)28(52)22(51)18-60-38)8-9-47-19-46(47)11-10-43(5)36(45(7)13-20(17-61-45)42(3,4)66-40-35(59)32(56)30(54)25(16-49)64-40)21(50)14-44(43,6)26(46)12-23(37(41)47)62-39-34(58)31(55)29(53)24(15-48)63-39/h20-40,48-59H,8-19H2,1-7H3/t20-,21-,22+,23+,24+,25-,26-,27-,28+,29-,30-,31+,32+,33-,34+,35-,36-,37+,38-,39-,40+,43+,44-,45+,46-,47+/m1/s1. The number of hydrogen-bond acceptors (Lipinski definition) is 19. The molecule has 12 N–H and O–H groups in total. The maximum atomic E-state index is 12.5. The van der Waals surface area contributed by atoms with E-state index in [1.165, 1.54) is 0 Å². The molecular weight excluding hydrogens is 868 g/mol. The van der Waals surface area contributed by atoms with E-state index in [1.807, 2.05) is 13.8 Å². The Morgan fingerprint density at radius 3 is 1.83 bits per heavy atom. The van der Waals surface area contributed by atoms with Crippen LogP contribution in [0.5, 0.6) is 0 Å². The monoisotopic (exact) mass is 947 g/mol. The molecule has 2 spiro atoms. The number of hydrogen-bond donors (Lipinski definition) is 12. The highest BCUT2D eigenvalue weighted by Crippen LogP contribution is 2.89. The van der Waals surface area contributed by atoms with Crippen molar-refractivity contribution in [1.29, 1.82) is 0 Å². The van der Waals surface area contributed by atoms with Crippen molar-refractivity contribution in [2.24, 2.45) is 50.7 Å². The lowest BCUT2D eigenvalue weighted by Gasteiger charge is -2.65. The molecule has 19 nitrogen and oxygen atoms in total. The van der Waals surface area contributed by atoms with Crippen LogP contribution in [0.2, 0.25) is 0 Å². The molecule has 66 heavy (non-hydrogen) atoms. The van der Waals surface area contributed by atoms with Gasteiger partial charge in [0.15, 0.2) is 18.9 Å². The Morgan fingerprint density at radius 1 is 0.591 bits per heavy atom. The average Bonchev–Trinajstić information content (AvgIpc) is 3.63. The van der Waals surface area contributed by atoms with Crippen LogP contribution in [0.4, 0.5) is 0 Å². The predicted octanol–water partition coefficient (Wildman–Crippen LogP) is -1.59. The fourth-order valence-electron chi connectivity index (χ4n) is 16.4. The van der Waals surface area contributed by atoms with E-state index in [4.69, 9.17) is 33.2 Å². The molecule has 9 rings (SSSR count). The Kier molecular flexibility index (Phi) is 12.9. The smallest absolute Gasteiger partial charge is 0.187 e. The van der Waals surface area contributed by atoms with E-state index < -0.39 is 145 Å². The fraction of sp³-hybridized carbons (Fsp3) is 1.00. The van der Waals surface area contributed by atoms with E-state index in [9.17, 15) is 61.3 Å². The average molecular weight is 947 g/mol. The molecule has 4 heterocycles. The Bertz CT molecular complexity index is 1770. The van der Waals surface area contributed by atoms with E-state index in [2.05, 4.69) is 34.6 Å². The maximum Gasteiger partial charge on any atom is 0.187 e. The first-order valence-electron chi connectivity index (χ1n) is 24.3. The fourth-order valence-corrected chi connectivity index (χ4v) is 16.4. The zero-order valence-corrected chi connectivity index (χ0v) is 39.3. The second kappa shape index (κ2) is 16.9. The third-order valence-corrected chi connectivity index (χ3v) is 20.0. The van der Waals surface area contributed by atoms with Crippen molar-refractivity contribution in [3.8, 4) is 0 Å². The van der Waals surface area contributed by atoms with Gasteiger partial charge in [-0.25, -0.2) is 0 Å². The molecule has 0 bridgehead atoms. The van der Waals surface area contributed by atoms with Crippen LogP contribution in [-0.2, 0) is 33.2 Å². The van der Waals surface area contributed by atoms with E-state index in [-0.39, 0.29) is 47.7 Å². The van der Waals surface area contributed by atoms with Gasteiger partial charge in [0.1, 0.15) is 67.1 Å². The van der Waals surface area contributed by atoms with Crippen molar-refractivity contribution < 1.29 is 94.4 Å². The minimum atomic E-state index is -1.65. The molecule has 0 amide bonds. The topological polar surface area (TPSA) is 307 Å². The molecule has 0 aromatic carbocycles. The van der Waals surface area contributed by atoms with Crippen LogP contribution < -0.4 is 0 Å². The van der Waals surface area contributed by atoms with Crippen LogP contribution in [0.25, 0.3) is 0 Å². The first-order valence-corrected chi connectivity index (χ1v) is 24.3. The van der Waals surface area contributed by atoms with Crippen LogP contribution in [0, 0.1) is 50.7 Å². The highest BCUT2D eigenvalue weighted by molar-refractivity contribution is 5.33. The third kappa shape index (κ3) is 7.22. The molecule has 0 unspecified atom stereocenters. The van der Waals surface area contributed by atoms with Crippen molar-refractivity contribution in [1.82, 2.24) is 0 Å². The van der Waals surface area contributed by atoms with E-state index >= 15 is 0 Å². The second-order valence-corrected chi connectivity index (χ2v) is 23.9. The summed E-state index contributed by atoms with van der Waals surface area (Å²) in [5.74, 6) is -0.760. The SMILES string of the molecule is CC(C)(O[C@@H]1O[C@H](CO)[C@@H](O)[C@H](O)[C@H]1O)[C@H]1CO[C@](C)([C@@H]2[C@H](O)C[C@]3(C)[C@H]4C[C@H](O[C@@H]5O[C@@H](CO)[C@@H](O)[C@H](O)[C@@H]5O)[C@H]5C(C)(C)[C@H](O[C@H]6OC[C@H](O)[C@H](O)[C@H]6O)CC[C@]56C[C@]46CC[C@@]23C)C1. The van der Waals surface area contributed by atoms with Gasteiger partial charge in [-0.3, -0.25) is 0 Å². The first-order chi connectivity index (χ1) is 30.8. The maximum absolute atomic E-state index is 12.5. The van der Waals surface area contributed by atoms with Gasteiger partial charge in [-0.1, -0.05) is 27.7 Å². The summed E-state index contributed by atoms with van der Waals surface area (Å²) >= 11 is 0. The van der Waals surface area contributed by atoms with Crippen LogP contribution in [0.3, 0.4) is 0 Å². The van der Waals surface area contributed by atoms with Gasteiger partial charge in [-0.15, -0.1) is 0 Å². The van der Waals surface area contributed by atoms with Gasteiger partial charge in [0, 0.05) is 11.8 Å². The molecule has 5 aliphatic carbocycles. The summed E-state index contributed by atoms with van der Waals surface area (Å²) in [6, 6.07) is 0. The summed E-state index contributed by atoms with van der Waals surface area (Å²) in [7, 11) is 0. The van der Waals surface area contributed by atoms with Gasteiger partial charge >= 0.3 is 0 Å². The van der Waals surface area contributed by atoms with Gasteiger partial charge in [-0.05, 0) is 111 Å². The summed E-state index contributed by atoms with van der Waals surface area (Å²) < 4.78 is 44.1.